The smallest absolute Gasteiger partial charge is 0.305 e. The molecule has 1 saturated heterocycles. The van der Waals surface area contributed by atoms with Crippen LogP contribution in [-0.4, -0.2) is 55.1 Å². The fourth-order valence-electron chi connectivity index (χ4n) is 4.30. The van der Waals surface area contributed by atoms with Crippen molar-refractivity contribution < 1.29 is 47.6 Å². The summed E-state index contributed by atoms with van der Waals surface area (Å²) in [5, 5.41) is 0. The lowest BCUT2D eigenvalue weighted by Gasteiger charge is -2.44. The fraction of sp³-hybridized carbons (Fsp3) is 0.429. The summed E-state index contributed by atoms with van der Waals surface area (Å²) in [7, 11) is 0. The van der Waals surface area contributed by atoms with E-state index in [0.717, 1.165) is 27.4 Å². The maximum atomic E-state index is 12.1. The Bertz CT molecular complexity index is 1200. The zero-order valence-corrected chi connectivity index (χ0v) is 24.5. The van der Waals surface area contributed by atoms with Crippen LogP contribution in [0.15, 0.2) is 42.5 Å². The number of benzene rings is 2. The van der Waals surface area contributed by atoms with Crippen LogP contribution < -0.4 is 4.74 Å². The van der Waals surface area contributed by atoms with Crippen molar-refractivity contribution in [3.63, 3.8) is 0 Å². The van der Waals surface area contributed by atoms with E-state index < -0.39 is 54.6 Å². The molecule has 0 N–H and O–H groups in total. The van der Waals surface area contributed by atoms with Gasteiger partial charge in [0.05, 0.1) is 6.61 Å². The first-order valence-electron chi connectivity index (χ1n) is 12.3. The fourth-order valence-corrected chi connectivity index (χ4v) is 4.82. The third-order valence-corrected chi connectivity index (χ3v) is 6.76. The molecular formula is C28H31IO10. The summed E-state index contributed by atoms with van der Waals surface area (Å²) < 4.78 is 34.3. The molecule has 0 aliphatic carbocycles. The van der Waals surface area contributed by atoms with Crippen LogP contribution in [-0.2, 0) is 49.3 Å². The van der Waals surface area contributed by atoms with Crippen molar-refractivity contribution in [2.45, 2.75) is 71.7 Å². The minimum Gasteiger partial charge on any atom is -0.494 e. The molecule has 5 atom stereocenters. The molecule has 1 aliphatic rings. The lowest BCUT2D eigenvalue weighted by molar-refractivity contribution is -0.298. The van der Waals surface area contributed by atoms with Crippen LogP contribution >= 0.6 is 22.6 Å². The van der Waals surface area contributed by atoms with Gasteiger partial charge in [0.1, 0.15) is 11.9 Å². The molecule has 2 aromatic carbocycles. The van der Waals surface area contributed by atoms with Crippen LogP contribution in [0.1, 0.15) is 57.4 Å². The molecule has 0 saturated carbocycles. The Kier molecular flexibility index (Phi) is 10.7. The van der Waals surface area contributed by atoms with Gasteiger partial charge in [-0.3, -0.25) is 19.2 Å². The first-order valence-corrected chi connectivity index (χ1v) is 13.4. The van der Waals surface area contributed by atoms with Crippen LogP contribution in [0.3, 0.4) is 0 Å². The van der Waals surface area contributed by atoms with Crippen molar-refractivity contribution in [2.24, 2.45) is 0 Å². The van der Waals surface area contributed by atoms with Crippen molar-refractivity contribution in [1.29, 1.82) is 0 Å². The zero-order valence-electron chi connectivity index (χ0n) is 22.3. The Labute approximate surface area is 240 Å². The molecule has 0 radical (unpaired) electrons. The van der Waals surface area contributed by atoms with Gasteiger partial charge in [-0.2, -0.15) is 0 Å². The third kappa shape index (κ3) is 8.40. The standard InChI is InChI=1S/C28H31IO10/c1-6-34-22-10-7-19(8-11-22)13-21-14-20(9-12-23(21)29)24-25(35-15(2)30)26(36-16(3)31)27(37-17(4)32)28(39-24)38-18(5)33/h7-12,14,24-28H,6,13H2,1-5H3/t24-,25-,26+,27-,28?/m0/s1. The summed E-state index contributed by atoms with van der Waals surface area (Å²) in [6.07, 6.45) is -5.76. The van der Waals surface area contributed by atoms with E-state index >= 15 is 0 Å². The molecule has 0 amide bonds. The van der Waals surface area contributed by atoms with Crippen molar-refractivity contribution >= 4 is 46.5 Å². The van der Waals surface area contributed by atoms with Crippen LogP contribution in [0.2, 0.25) is 0 Å². The van der Waals surface area contributed by atoms with Crippen molar-refractivity contribution in [1.82, 2.24) is 0 Å². The van der Waals surface area contributed by atoms with Crippen LogP contribution in [0.4, 0.5) is 0 Å². The van der Waals surface area contributed by atoms with Gasteiger partial charge in [0.15, 0.2) is 12.2 Å². The number of esters is 4. The highest BCUT2D eigenvalue weighted by Gasteiger charge is 2.53. The number of hydrogen-bond donors (Lipinski definition) is 0. The molecule has 10 nitrogen and oxygen atoms in total. The number of halogens is 1. The van der Waals surface area contributed by atoms with E-state index in [1.165, 1.54) is 20.8 Å². The molecule has 1 aliphatic heterocycles. The van der Waals surface area contributed by atoms with E-state index in [4.69, 9.17) is 28.4 Å². The number of carbonyl (C=O) groups excluding carboxylic acids is 4. The summed E-state index contributed by atoms with van der Waals surface area (Å²) >= 11 is 2.23. The lowest BCUT2D eigenvalue weighted by Crippen LogP contribution is -2.59. The highest BCUT2D eigenvalue weighted by atomic mass is 127. The molecule has 0 aromatic heterocycles. The van der Waals surface area contributed by atoms with Gasteiger partial charge < -0.3 is 28.4 Å². The maximum absolute atomic E-state index is 12.1. The highest BCUT2D eigenvalue weighted by molar-refractivity contribution is 14.1. The van der Waals surface area contributed by atoms with Gasteiger partial charge in [-0.25, -0.2) is 0 Å². The first kappa shape index (κ1) is 30.4. The molecule has 210 valence electrons. The second kappa shape index (κ2) is 13.7. The van der Waals surface area contributed by atoms with Gasteiger partial charge in [0.2, 0.25) is 12.4 Å². The maximum Gasteiger partial charge on any atom is 0.305 e. The molecule has 0 bridgehead atoms. The summed E-state index contributed by atoms with van der Waals surface area (Å²) in [6, 6.07) is 13.3. The van der Waals surface area contributed by atoms with Crippen LogP contribution in [0, 0.1) is 3.57 Å². The summed E-state index contributed by atoms with van der Waals surface area (Å²) in [6.45, 7) is 7.18. The van der Waals surface area contributed by atoms with E-state index in [-0.39, 0.29) is 0 Å². The van der Waals surface area contributed by atoms with Gasteiger partial charge in [-0.05, 0) is 70.8 Å². The largest absolute Gasteiger partial charge is 0.494 e. The second-order valence-electron chi connectivity index (χ2n) is 8.86. The molecule has 0 spiro atoms. The monoisotopic (exact) mass is 654 g/mol. The molecule has 1 heterocycles. The lowest BCUT2D eigenvalue weighted by atomic mass is 9.91. The SMILES string of the molecule is CCOc1ccc(Cc2cc([C@@H]3OC(OC(C)=O)[C@@H](OC(C)=O)[C@H](OC(C)=O)[C@H]3OC(C)=O)ccc2I)cc1. The Morgan fingerprint density at radius 1 is 0.769 bits per heavy atom. The average molecular weight is 654 g/mol. The Hall–Kier alpha value is -3.19. The molecule has 1 fully saturated rings. The Balaban J connectivity index is 2.03. The molecular weight excluding hydrogens is 623 g/mol. The number of hydrogen-bond acceptors (Lipinski definition) is 10. The normalized spacial score (nSPS) is 22.4. The van der Waals surface area contributed by atoms with E-state index in [1.807, 2.05) is 43.3 Å². The molecule has 2 aromatic rings. The van der Waals surface area contributed by atoms with E-state index in [0.29, 0.717) is 18.6 Å². The van der Waals surface area contributed by atoms with Gasteiger partial charge in [0.25, 0.3) is 0 Å². The molecule has 11 heteroatoms. The van der Waals surface area contributed by atoms with Crippen molar-refractivity contribution in [2.75, 3.05) is 6.61 Å². The van der Waals surface area contributed by atoms with Crippen LogP contribution in [0.5, 0.6) is 5.75 Å². The molecule has 1 unspecified atom stereocenters. The van der Waals surface area contributed by atoms with Gasteiger partial charge in [-0.1, -0.05) is 24.3 Å². The van der Waals surface area contributed by atoms with E-state index in [1.54, 1.807) is 6.07 Å². The Morgan fingerprint density at radius 3 is 1.90 bits per heavy atom. The van der Waals surface area contributed by atoms with Gasteiger partial charge in [0, 0.05) is 31.3 Å². The predicted octanol–water partition coefficient (Wildman–Crippen LogP) is 4.04. The van der Waals surface area contributed by atoms with E-state index in [2.05, 4.69) is 22.6 Å². The highest BCUT2D eigenvalue weighted by Crippen LogP contribution is 2.39. The minimum absolute atomic E-state index is 0.575. The zero-order chi connectivity index (χ0) is 28.7. The number of ether oxygens (including phenoxy) is 6. The second-order valence-corrected chi connectivity index (χ2v) is 10.0. The minimum atomic E-state index is -1.43. The topological polar surface area (TPSA) is 124 Å². The third-order valence-electron chi connectivity index (χ3n) is 5.71. The molecule has 3 rings (SSSR count). The summed E-state index contributed by atoms with van der Waals surface area (Å²) in [4.78, 5) is 48.0. The summed E-state index contributed by atoms with van der Waals surface area (Å²) in [5.41, 5.74) is 2.58. The number of rotatable bonds is 9. The van der Waals surface area contributed by atoms with E-state index in [9.17, 15) is 19.2 Å². The first-order chi connectivity index (χ1) is 18.5. The van der Waals surface area contributed by atoms with Crippen molar-refractivity contribution in [3.05, 3.63) is 62.7 Å². The average Bonchev–Trinajstić information content (AvgIpc) is 2.84. The Morgan fingerprint density at radius 2 is 1.33 bits per heavy atom. The molecule has 39 heavy (non-hydrogen) atoms. The van der Waals surface area contributed by atoms with Gasteiger partial charge in [-0.15, -0.1) is 0 Å². The van der Waals surface area contributed by atoms with Crippen molar-refractivity contribution in [3.8, 4) is 5.75 Å². The number of carbonyl (C=O) groups is 4. The predicted molar refractivity (Wildman–Crippen MR) is 146 cm³/mol. The quantitative estimate of drug-likeness (QED) is 0.223. The summed E-state index contributed by atoms with van der Waals surface area (Å²) in [5.74, 6) is -2.04. The van der Waals surface area contributed by atoms with Crippen LogP contribution in [0.25, 0.3) is 0 Å². The van der Waals surface area contributed by atoms with Gasteiger partial charge >= 0.3 is 23.9 Å².